The van der Waals surface area contributed by atoms with Gasteiger partial charge in [0.05, 0.1) is 0 Å². The standard InChI is InChI=1S/C20H16/c1-2-6-12-17(11-5-1)20(18-13-7-3-8-14-18)19-15-9-4-10-16-19/h1-16H. The summed E-state index contributed by atoms with van der Waals surface area (Å²) in [6, 6.07) is 21.1. The minimum absolute atomic E-state index is 1.23. The maximum atomic E-state index is 2.16. The van der Waals surface area contributed by atoms with Gasteiger partial charge in [0.25, 0.3) is 0 Å². The van der Waals surface area contributed by atoms with Crippen molar-refractivity contribution in [3.63, 3.8) is 0 Å². The number of benzene rings is 2. The van der Waals surface area contributed by atoms with Crippen molar-refractivity contribution in [1.29, 1.82) is 0 Å². The van der Waals surface area contributed by atoms with E-state index in [4.69, 9.17) is 0 Å². The maximum Gasteiger partial charge on any atom is -0.00389 e. The van der Waals surface area contributed by atoms with E-state index in [0.29, 0.717) is 0 Å². The number of allylic oxidation sites excluding steroid dienone is 7. The summed E-state index contributed by atoms with van der Waals surface area (Å²) in [6.07, 6.45) is 12.6. The van der Waals surface area contributed by atoms with Gasteiger partial charge < -0.3 is 0 Å². The van der Waals surface area contributed by atoms with E-state index in [1.54, 1.807) is 0 Å². The fourth-order valence-electron chi connectivity index (χ4n) is 2.38. The van der Waals surface area contributed by atoms with Gasteiger partial charge in [0, 0.05) is 0 Å². The van der Waals surface area contributed by atoms with E-state index in [1.165, 1.54) is 22.3 Å². The second kappa shape index (κ2) is 6.03. The molecule has 0 unspecified atom stereocenters. The highest BCUT2D eigenvalue weighted by Crippen LogP contribution is 2.28. The van der Waals surface area contributed by atoms with Crippen LogP contribution in [0.25, 0.3) is 5.57 Å². The van der Waals surface area contributed by atoms with Crippen LogP contribution >= 0.6 is 0 Å². The van der Waals surface area contributed by atoms with E-state index >= 15 is 0 Å². The zero-order chi connectivity index (χ0) is 13.6. The first-order chi connectivity index (χ1) is 9.95. The topological polar surface area (TPSA) is 0 Å². The largest absolute Gasteiger partial charge is 0.0622 e. The summed E-state index contributed by atoms with van der Waals surface area (Å²) in [5.74, 6) is 0. The lowest BCUT2D eigenvalue weighted by molar-refractivity contribution is 1.51. The van der Waals surface area contributed by atoms with Crippen molar-refractivity contribution in [3.05, 3.63) is 114 Å². The lowest BCUT2D eigenvalue weighted by Gasteiger charge is -2.11. The first-order valence-corrected chi connectivity index (χ1v) is 6.82. The molecule has 0 radical (unpaired) electrons. The normalized spacial score (nSPS) is 13.3. The second-order valence-corrected chi connectivity index (χ2v) is 4.67. The first kappa shape index (κ1) is 12.4. The van der Waals surface area contributed by atoms with E-state index in [-0.39, 0.29) is 0 Å². The summed E-state index contributed by atoms with van der Waals surface area (Å²) in [4.78, 5) is 0. The molecule has 0 fully saturated rings. The Balaban J connectivity index is 2.22. The minimum Gasteiger partial charge on any atom is -0.0622 e. The molecule has 0 atom stereocenters. The zero-order valence-electron chi connectivity index (χ0n) is 11.2. The molecule has 3 rings (SSSR count). The quantitative estimate of drug-likeness (QED) is 0.695. The van der Waals surface area contributed by atoms with Crippen LogP contribution in [0.4, 0.5) is 0 Å². The van der Waals surface area contributed by atoms with Crippen LogP contribution in [0.1, 0.15) is 11.1 Å². The summed E-state index contributed by atoms with van der Waals surface area (Å²) in [5, 5.41) is 0. The maximum absolute atomic E-state index is 2.16. The van der Waals surface area contributed by atoms with E-state index in [9.17, 15) is 0 Å². The van der Waals surface area contributed by atoms with Gasteiger partial charge in [-0.15, -0.1) is 0 Å². The molecule has 0 heterocycles. The minimum atomic E-state index is 1.23. The highest BCUT2D eigenvalue weighted by Gasteiger charge is 2.08. The molecular formula is C20H16. The van der Waals surface area contributed by atoms with Gasteiger partial charge in [-0.05, 0) is 22.3 Å². The molecule has 20 heavy (non-hydrogen) atoms. The molecule has 0 bridgehead atoms. The molecule has 0 aromatic heterocycles. The Morgan fingerprint density at radius 2 is 0.950 bits per heavy atom. The third-order valence-electron chi connectivity index (χ3n) is 3.30. The molecule has 0 saturated heterocycles. The van der Waals surface area contributed by atoms with Crippen LogP contribution < -0.4 is 0 Å². The van der Waals surface area contributed by atoms with Gasteiger partial charge in [0.2, 0.25) is 0 Å². The summed E-state index contributed by atoms with van der Waals surface area (Å²) in [7, 11) is 0. The molecule has 0 spiro atoms. The second-order valence-electron chi connectivity index (χ2n) is 4.67. The SMILES string of the molecule is C1=CC=CC(=C(c2ccccc2)c2ccccc2)C=C1. The van der Waals surface area contributed by atoms with Crippen LogP contribution in [0.2, 0.25) is 0 Å². The van der Waals surface area contributed by atoms with E-state index in [1.807, 2.05) is 0 Å². The van der Waals surface area contributed by atoms with Gasteiger partial charge >= 0.3 is 0 Å². The fourth-order valence-corrected chi connectivity index (χ4v) is 2.38. The summed E-state index contributed by atoms with van der Waals surface area (Å²) in [5.41, 5.74) is 4.98. The lowest BCUT2D eigenvalue weighted by Crippen LogP contribution is -1.91. The van der Waals surface area contributed by atoms with Crippen molar-refractivity contribution in [2.45, 2.75) is 0 Å². The summed E-state index contributed by atoms with van der Waals surface area (Å²) >= 11 is 0. The third kappa shape index (κ3) is 2.70. The summed E-state index contributed by atoms with van der Waals surface area (Å²) in [6.45, 7) is 0. The van der Waals surface area contributed by atoms with Crippen molar-refractivity contribution in [3.8, 4) is 0 Å². The van der Waals surface area contributed by atoms with Crippen molar-refractivity contribution in [2.24, 2.45) is 0 Å². The molecule has 0 saturated carbocycles. The molecule has 0 aliphatic heterocycles. The molecule has 0 amide bonds. The van der Waals surface area contributed by atoms with Gasteiger partial charge in [0.15, 0.2) is 0 Å². The smallest absolute Gasteiger partial charge is 0.00389 e. The van der Waals surface area contributed by atoms with Crippen LogP contribution in [0, 0.1) is 0 Å². The van der Waals surface area contributed by atoms with Crippen LogP contribution in [-0.4, -0.2) is 0 Å². The summed E-state index contributed by atoms with van der Waals surface area (Å²) < 4.78 is 0. The Bertz CT molecular complexity index is 624. The Morgan fingerprint density at radius 1 is 0.500 bits per heavy atom. The number of hydrogen-bond donors (Lipinski definition) is 0. The molecule has 0 N–H and O–H groups in total. The molecule has 2 aromatic carbocycles. The van der Waals surface area contributed by atoms with Gasteiger partial charge in [-0.25, -0.2) is 0 Å². The van der Waals surface area contributed by atoms with Gasteiger partial charge in [0.1, 0.15) is 0 Å². The van der Waals surface area contributed by atoms with Gasteiger partial charge in [-0.3, -0.25) is 0 Å². The monoisotopic (exact) mass is 256 g/mol. The highest BCUT2D eigenvalue weighted by atomic mass is 14.1. The van der Waals surface area contributed by atoms with Crippen LogP contribution in [-0.2, 0) is 0 Å². The Kier molecular flexibility index (Phi) is 3.75. The van der Waals surface area contributed by atoms with Crippen molar-refractivity contribution in [2.75, 3.05) is 0 Å². The molecular weight excluding hydrogens is 240 g/mol. The van der Waals surface area contributed by atoms with Crippen molar-refractivity contribution in [1.82, 2.24) is 0 Å². The van der Waals surface area contributed by atoms with E-state index in [2.05, 4.69) is 97.1 Å². The van der Waals surface area contributed by atoms with E-state index in [0.717, 1.165) is 0 Å². The molecule has 1 aliphatic carbocycles. The van der Waals surface area contributed by atoms with E-state index < -0.39 is 0 Å². The predicted molar refractivity (Wildman–Crippen MR) is 86.3 cm³/mol. The highest BCUT2D eigenvalue weighted by molar-refractivity contribution is 5.85. The lowest BCUT2D eigenvalue weighted by atomic mass is 9.92. The number of rotatable bonds is 2. The average molecular weight is 256 g/mol. The Morgan fingerprint density at radius 3 is 1.40 bits per heavy atom. The Labute approximate surface area is 120 Å². The Hall–Kier alpha value is -2.60. The molecule has 96 valence electrons. The van der Waals surface area contributed by atoms with Crippen molar-refractivity contribution < 1.29 is 0 Å². The molecule has 2 aromatic rings. The van der Waals surface area contributed by atoms with Crippen LogP contribution in [0.5, 0.6) is 0 Å². The van der Waals surface area contributed by atoms with Crippen molar-refractivity contribution >= 4 is 5.57 Å². The zero-order valence-corrected chi connectivity index (χ0v) is 11.2. The number of hydrogen-bond acceptors (Lipinski definition) is 0. The average Bonchev–Trinajstić information content (AvgIpc) is 2.79. The molecule has 0 heteroatoms. The first-order valence-electron chi connectivity index (χ1n) is 6.82. The fraction of sp³-hybridized carbons (Fsp3) is 0. The van der Waals surface area contributed by atoms with Gasteiger partial charge in [-0.2, -0.15) is 0 Å². The van der Waals surface area contributed by atoms with Crippen LogP contribution in [0.15, 0.2) is 103 Å². The third-order valence-corrected chi connectivity index (χ3v) is 3.30. The van der Waals surface area contributed by atoms with Gasteiger partial charge in [-0.1, -0.05) is 97.1 Å². The molecule has 1 aliphatic rings. The predicted octanol–water partition coefficient (Wildman–Crippen LogP) is 5.17. The molecule has 0 nitrogen and oxygen atoms in total. The van der Waals surface area contributed by atoms with Crippen LogP contribution in [0.3, 0.4) is 0 Å².